The molecular weight excluding hydrogens is 405 g/mol. The lowest BCUT2D eigenvalue weighted by atomic mass is 9.90. The Labute approximate surface area is 159 Å². The molecule has 0 radical (unpaired) electrons. The highest BCUT2D eigenvalue weighted by atomic mass is 32.2. The molecule has 1 aromatic carbocycles. The first-order valence-corrected chi connectivity index (χ1v) is 9.55. The molecule has 2 aliphatic heterocycles. The molecule has 0 amide bonds. The molecule has 1 saturated heterocycles. The second kappa shape index (κ2) is 7.24. The van der Waals surface area contributed by atoms with Gasteiger partial charge in [-0.15, -0.1) is 0 Å². The van der Waals surface area contributed by atoms with Crippen molar-refractivity contribution in [3.63, 3.8) is 0 Å². The van der Waals surface area contributed by atoms with Crippen LogP contribution in [0.2, 0.25) is 0 Å². The number of sulfonamides is 1. The number of benzene rings is 1. The van der Waals surface area contributed by atoms with Crippen LogP contribution in [0.3, 0.4) is 0 Å². The fourth-order valence-corrected chi connectivity index (χ4v) is 4.73. The largest absolute Gasteiger partial charge is 0.490 e. The number of hydrogen-bond acceptors (Lipinski definition) is 5. The van der Waals surface area contributed by atoms with Crippen molar-refractivity contribution in [2.24, 2.45) is 0 Å². The van der Waals surface area contributed by atoms with E-state index in [1.807, 2.05) is 18.0 Å². The third kappa shape index (κ3) is 3.92. The zero-order valence-corrected chi connectivity index (χ0v) is 15.8. The van der Waals surface area contributed by atoms with E-state index < -0.39 is 33.7 Å². The minimum atomic E-state index is -5.08. The fourth-order valence-electron chi connectivity index (χ4n) is 2.94. The molecule has 28 heavy (non-hydrogen) atoms. The first-order valence-electron chi connectivity index (χ1n) is 8.11. The predicted octanol–water partition coefficient (Wildman–Crippen LogP) is 1.55. The van der Waals surface area contributed by atoms with Crippen LogP contribution in [0.15, 0.2) is 23.1 Å². The predicted molar refractivity (Wildman–Crippen MR) is 91.7 cm³/mol. The molecule has 1 atom stereocenters. The van der Waals surface area contributed by atoms with E-state index in [1.165, 1.54) is 6.92 Å². The van der Waals surface area contributed by atoms with Crippen LogP contribution in [0.25, 0.3) is 0 Å². The highest BCUT2D eigenvalue weighted by molar-refractivity contribution is 7.89. The van der Waals surface area contributed by atoms with Crippen molar-refractivity contribution in [1.29, 1.82) is 0 Å². The molecule has 3 rings (SSSR count). The van der Waals surface area contributed by atoms with E-state index in [-0.39, 0.29) is 11.4 Å². The normalized spacial score (nSPS) is 22.0. The Morgan fingerprint density at radius 3 is 2.18 bits per heavy atom. The molecule has 12 heteroatoms. The minimum absolute atomic E-state index is 0.169. The van der Waals surface area contributed by atoms with E-state index >= 15 is 0 Å². The van der Waals surface area contributed by atoms with Crippen molar-refractivity contribution >= 4 is 27.6 Å². The Hall–Kier alpha value is -2.34. The number of carboxylic acid groups (broad SMARTS) is 2. The Kier molecular flexibility index (Phi) is 5.68. The lowest BCUT2D eigenvalue weighted by Gasteiger charge is -2.45. The maximum absolute atomic E-state index is 12.7. The molecule has 0 bridgehead atoms. The Morgan fingerprint density at radius 2 is 1.75 bits per heavy atom. The van der Waals surface area contributed by atoms with E-state index in [2.05, 4.69) is 0 Å². The number of halogens is 3. The Bertz CT molecular complexity index is 902. The zero-order chi connectivity index (χ0) is 21.5. The first-order chi connectivity index (χ1) is 12.7. The van der Waals surface area contributed by atoms with Gasteiger partial charge in [0.25, 0.3) is 0 Å². The van der Waals surface area contributed by atoms with Crippen LogP contribution in [-0.2, 0) is 26.0 Å². The molecule has 1 aromatic rings. The van der Waals surface area contributed by atoms with Gasteiger partial charge in [0.1, 0.15) is 5.54 Å². The molecule has 0 spiro atoms. The van der Waals surface area contributed by atoms with Crippen LogP contribution < -0.4 is 4.90 Å². The van der Waals surface area contributed by atoms with Crippen LogP contribution >= 0.6 is 0 Å². The Morgan fingerprint density at radius 1 is 1.18 bits per heavy atom. The van der Waals surface area contributed by atoms with Crippen molar-refractivity contribution < 1.29 is 41.4 Å². The molecule has 2 N–H and O–H groups in total. The number of carboxylic acids is 2. The summed E-state index contributed by atoms with van der Waals surface area (Å²) < 4.78 is 58.2. The minimum Gasteiger partial charge on any atom is -0.480 e. The van der Waals surface area contributed by atoms with Crippen LogP contribution in [0.4, 0.5) is 18.9 Å². The van der Waals surface area contributed by atoms with Gasteiger partial charge in [0.2, 0.25) is 10.0 Å². The number of likely N-dealkylation sites (N-methyl/N-ethyl adjacent to an activating group) is 1. The van der Waals surface area contributed by atoms with Gasteiger partial charge in [0.05, 0.1) is 4.90 Å². The van der Waals surface area contributed by atoms with Gasteiger partial charge in [-0.3, -0.25) is 4.79 Å². The summed E-state index contributed by atoms with van der Waals surface area (Å²) in [5, 5.41) is 16.4. The quantitative estimate of drug-likeness (QED) is 0.756. The number of aliphatic carboxylic acids is 2. The highest BCUT2D eigenvalue weighted by Crippen LogP contribution is 2.38. The van der Waals surface area contributed by atoms with Crippen molar-refractivity contribution in [3.05, 3.63) is 23.8 Å². The van der Waals surface area contributed by atoms with Gasteiger partial charge in [-0.05, 0) is 37.5 Å². The SMILES string of the molecule is CN1CCc2ccc(S(=O)(=O)N3CCC3(C)C(=O)O)cc21.O=C(O)C(F)(F)F. The number of hydrogen-bond donors (Lipinski definition) is 2. The summed E-state index contributed by atoms with van der Waals surface area (Å²) in [4.78, 5) is 22.4. The summed E-state index contributed by atoms with van der Waals surface area (Å²) in [5.41, 5.74) is 0.707. The van der Waals surface area contributed by atoms with Crippen molar-refractivity contribution in [3.8, 4) is 0 Å². The first kappa shape index (κ1) is 22.0. The number of anilines is 1. The standard InChI is InChI=1S/C14H18N2O4S.C2HF3O2/c1-14(13(17)18)6-8-16(14)21(19,20)11-4-3-10-5-7-15(2)12(10)9-11;3-2(4,5)1(6)7/h3-4,9H,5-8H2,1-2H3,(H,17,18);(H,6,7). The van der Waals surface area contributed by atoms with Crippen LogP contribution in [0.5, 0.6) is 0 Å². The smallest absolute Gasteiger partial charge is 0.480 e. The molecule has 1 fully saturated rings. The van der Waals surface area contributed by atoms with Crippen LogP contribution in [0.1, 0.15) is 18.9 Å². The van der Waals surface area contributed by atoms with Crippen molar-refractivity contribution in [2.75, 3.05) is 25.0 Å². The number of fused-ring (bicyclic) bond motifs is 1. The van der Waals surface area contributed by atoms with E-state index in [0.717, 1.165) is 28.5 Å². The maximum atomic E-state index is 12.7. The number of carbonyl (C=O) groups is 2. The molecule has 0 aromatic heterocycles. The van der Waals surface area contributed by atoms with E-state index in [0.29, 0.717) is 6.42 Å². The Balaban J connectivity index is 0.000000345. The topological polar surface area (TPSA) is 115 Å². The van der Waals surface area contributed by atoms with Gasteiger partial charge < -0.3 is 15.1 Å². The molecule has 0 aliphatic carbocycles. The molecule has 8 nitrogen and oxygen atoms in total. The van der Waals surface area contributed by atoms with Gasteiger partial charge >= 0.3 is 18.1 Å². The highest BCUT2D eigenvalue weighted by Gasteiger charge is 2.53. The summed E-state index contributed by atoms with van der Waals surface area (Å²) in [6.45, 7) is 2.57. The number of alkyl halides is 3. The maximum Gasteiger partial charge on any atom is 0.490 e. The molecular formula is C16H19F3N2O6S. The summed E-state index contributed by atoms with van der Waals surface area (Å²) in [5.74, 6) is -3.86. The van der Waals surface area contributed by atoms with Crippen LogP contribution in [0, 0.1) is 0 Å². The average Bonchev–Trinajstić information content (AvgIpc) is 2.93. The number of rotatable bonds is 3. The van der Waals surface area contributed by atoms with Gasteiger partial charge in [0.15, 0.2) is 0 Å². The van der Waals surface area contributed by atoms with Gasteiger partial charge in [-0.1, -0.05) is 6.07 Å². The average molecular weight is 424 g/mol. The van der Waals surface area contributed by atoms with E-state index in [4.69, 9.17) is 9.90 Å². The summed E-state index contributed by atoms with van der Waals surface area (Å²) in [6, 6.07) is 5.05. The van der Waals surface area contributed by atoms with Crippen molar-refractivity contribution in [1.82, 2.24) is 4.31 Å². The number of nitrogens with zero attached hydrogens (tertiary/aromatic N) is 2. The second-order valence-electron chi connectivity index (χ2n) is 6.67. The van der Waals surface area contributed by atoms with Gasteiger partial charge in [-0.25, -0.2) is 13.2 Å². The molecule has 156 valence electrons. The summed E-state index contributed by atoms with van der Waals surface area (Å²) in [6.07, 6.45) is -3.84. The third-order valence-corrected chi connectivity index (χ3v) is 6.84. The third-order valence-electron chi connectivity index (χ3n) is 4.83. The monoisotopic (exact) mass is 424 g/mol. The lowest BCUT2D eigenvalue weighted by molar-refractivity contribution is -0.192. The van der Waals surface area contributed by atoms with Crippen LogP contribution in [-0.4, -0.2) is 66.7 Å². The zero-order valence-electron chi connectivity index (χ0n) is 15.0. The molecule has 1 unspecified atom stereocenters. The molecule has 2 heterocycles. The molecule has 0 saturated carbocycles. The van der Waals surface area contributed by atoms with Gasteiger partial charge in [-0.2, -0.15) is 17.5 Å². The van der Waals surface area contributed by atoms with Crippen molar-refractivity contribution in [2.45, 2.75) is 36.4 Å². The second-order valence-corrected chi connectivity index (χ2v) is 8.53. The lowest BCUT2D eigenvalue weighted by Crippen LogP contribution is -2.64. The summed E-state index contributed by atoms with van der Waals surface area (Å²) >= 11 is 0. The van der Waals surface area contributed by atoms with Gasteiger partial charge in [0, 0.05) is 25.8 Å². The molecule has 2 aliphatic rings. The summed E-state index contributed by atoms with van der Waals surface area (Å²) in [7, 11) is -1.85. The fraction of sp³-hybridized carbons (Fsp3) is 0.500. The van der Waals surface area contributed by atoms with E-state index in [1.54, 1.807) is 12.1 Å². The van der Waals surface area contributed by atoms with E-state index in [9.17, 15) is 31.5 Å².